The second kappa shape index (κ2) is 8.79. The molecule has 4 rings (SSSR count). The van der Waals surface area contributed by atoms with E-state index in [2.05, 4.69) is 29.0 Å². The lowest BCUT2D eigenvalue weighted by Gasteiger charge is -2.37. The molecule has 0 aromatic rings. The first kappa shape index (κ1) is 19.7. The fraction of sp³-hybridized carbons (Fsp3) is 0.955. The number of piperidine rings is 1. The van der Waals surface area contributed by atoms with Gasteiger partial charge in [0.05, 0.1) is 18.2 Å². The zero-order valence-electron chi connectivity index (χ0n) is 17.4. The summed E-state index contributed by atoms with van der Waals surface area (Å²) in [5, 5.41) is 3.67. The van der Waals surface area contributed by atoms with Crippen LogP contribution in [-0.4, -0.2) is 72.7 Å². The summed E-state index contributed by atoms with van der Waals surface area (Å²) in [6.45, 7) is 9.61. The van der Waals surface area contributed by atoms with Crippen LogP contribution in [0.5, 0.6) is 0 Å². The number of carbonyl (C=O) groups is 1. The van der Waals surface area contributed by atoms with E-state index in [9.17, 15) is 4.79 Å². The molecule has 0 aromatic carbocycles. The highest BCUT2D eigenvalue weighted by Gasteiger charge is 2.40. The van der Waals surface area contributed by atoms with Gasteiger partial charge in [-0.25, -0.2) is 0 Å². The molecule has 0 bridgehead atoms. The van der Waals surface area contributed by atoms with Gasteiger partial charge in [0, 0.05) is 32.2 Å². The van der Waals surface area contributed by atoms with E-state index >= 15 is 0 Å². The van der Waals surface area contributed by atoms with Gasteiger partial charge in [-0.3, -0.25) is 9.69 Å². The van der Waals surface area contributed by atoms with Crippen LogP contribution in [0.2, 0.25) is 0 Å². The largest absolute Gasteiger partial charge is 0.373 e. The van der Waals surface area contributed by atoms with Gasteiger partial charge in [0.25, 0.3) is 0 Å². The number of fused-ring (bicyclic) bond motifs is 1. The SMILES string of the molecule is CC1CN(CCC2CCN(C(=O)C3CC4CCCCC4N3)CC2)CC(C)O1. The fourth-order valence-corrected chi connectivity index (χ4v) is 6.01. The Labute approximate surface area is 165 Å². The Hall–Kier alpha value is -0.650. The van der Waals surface area contributed by atoms with E-state index in [4.69, 9.17) is 4.74 Å². The molecule has 1 aliphatic carbocycles. The van der Waals surface area contributed by atoms with Crippen LogP contribution in [0.1, 0.15) is 65.2 Å². The predicted molar refractivity (Wildman–Crippen MR) is 108 cm³/mol. The van der Waals surface area contributed by atoms with Crippen molar-refractivity contribution in [3.63, 3.8) is 0 Å². The van der Waals surface area contributed by atoms with Crippen molar-refractivity contribution in [3.8, 4) is 0 Å². The third-order valence-electron chi connectivity index (χ3n) is 7.44. The van der Waals surface area contributed by atoms with Crippen molar-refractivity contribution in [2.45, 2.75) is 89.5 Å². The van der Waals surface area contributed by atoms with Gasteiger partial charge in [-0.1, -0.05) is 12.8 Å². The van der Waals surface area contributed by atoms with E-state index in [0.717, 1.165) is 44.4 Å². The Kier molecular flexibility index (Phi) is 6.40. The Morgan fingerprint density at radius 2 is 1.74 bits per heavy atom. The van der Waals surface area contributed by atoms with Gasteiger partial charge in [-0.2, -0.15) is 0 Å². The second-order valence-electron chi connectivity index (χ2n) is 9.68. The lowest BCUT2D eigenvalue weighted by molar-refractivity contribution is -0.134. The van der Waals surface area contributed by atoms with Gasteiger partial charge >= 0.3 is 0 Å². The monoisotopic (exact) mass is 377 g/mol. The molecule has 5 heteroatoms. The molecule has 3 saturated heterocycles. The maximum atomic E-state index is 13.0. The normalized spacial score (nSPS) is 38.7. The molecule has 1 amide bonds. The Bertz CT molecular complexity index is 482. The van der Waals surface area contributed by atoms with E-state index in [0.29, 0.717) is 24.2 Å². The summed E-state index contributed by atoms with van der Waals surface area (Å²) in [5.74, 6) is 1.92. The summed E-state index contributed by atoms with van der Waals surface area (Å²) >= 11 is 0. The lowest BCUT2D eigenvalue weighted by Crippen LogP contribution is -2.49. The number of amides is 1. The molecule has 0 spiro atoms. The minimum absolute atomic E-state index is 0.103. The van der Waals surface area contributed by atoms with Gasteiger partial charge in [-0.05, 0) is 70.8 Å². The van der Waals surface area contributed by atoms with Crippen LogP contribution in [0, 0.1) is 11.8 Å². The molecule has 5 nitrogen and oxygen atoms in total. The van der Waals surface area contributed by atoms with Crippen LogP contribution in [0.3, 0.4) is 0 Å². The van der Waals surface area contributed by atoms with Gasteiger partial charge in [0.1, 0.15) is 0 Å². The first-order chi connectivity index (χ1) is 13.1. The molecule has 5 atom stereocenters. The topological polar surface area (TPSA) is 44.8 Å². The summed E-state index contributed by atoms with van der Waals surface area (Å²) in [6, 6.07) is 0.717. The van der Waals surface area contributed by atoms with Crippen LogP contribution in [0.15, 0.2) is 0 Å². The molecule has 3 aliphatic heterocycles. The quantitative estimate of drug-likeness (QED) is 0.818. The summed E-state index contributed by atoms with van der Waals surface area (Å²) in [6.07, 6.45) is 10.7. The fourth-order valence-electron chi connectivity index (χ4n) is 6.01. The summed E-state index contributed by atoms with van der Waals surface area (Å²) in [7, 11) is 0. The number of nitrogens with zero attached hydrogens (tertiary/aromatic N) is 2. The van der Waals surface area contributed by atoms with Gasteiger partial charge < -0.3 is 15.0 Å². The minimum atomic E-state index is 0.103. The molecule has 3 heterocycles. The highest BCUT2D eigenvalue weighted by atomic mass is 16.5. The number of hydrogen-bond acceptors (Lipinski definition) is 4. The van der Waals surface area contributed by atoms with E-state index in [1.807, 2.05) is 0 Å². The van der Waals surface area contributed by atoms with E-state index in [1.165, 1.54) is 51.5 Å². The van der Waals surface area contributed by atoms with E-state index in [1.54, 1.807) is 0 Å². The van der Waals surface area contributed by atoms with Crippen LogP contribution >= 0.6 is 0 Å². The molecule has 5 unspecified atom stereocenters. The van der Waals surface area contributed by atoms with Crippen molar-refractivity contribution < 1.29 is 9.53 Å². The first-order valence-electron chi connectivity index (χ1n) is 11.5. The third kappa shape index (κ3) is 4.86. The highest BCUT2D eigenvalue weighted by Crippen LogP contribution is 2.34. The first-order valence-corrected chi connectivity index (χ1v) is 11.5. The number of morpholine rings is 1. The molecular weight excluding hydrogens is 338 g/mol. The zero-order chi connectivity index (χ0) is 18.8. The van der Waals surface area contributed by atoms with Crippen molar-refractivity contribution in [2.75, 3.05) is 32.7 Å². The third-order valence-corrected chi connectivity index (χ3v) is 7.44. The smallest absolute Gasteiger partial charge is 0.239 e. The van der Waals surface area contributed by atoms with Gasteiger partial charge in [0.2, 0.25) is 5.91 Å². The number of nitrogens with one attached hydrogen (secondary N) is 1. The zero-order valence-corrected chi connectivity index (χ0v) is 17.4. The summed E-state index contributed by atoms with van der Waals surface area (Å²) in [4.78, 5) is 17.7. The molecule has 27 heavy (non-hydrogen) atoms. The Morgan fingerprint density at radius 1 is 1.04 bits per heavy atom. The number of carbonyl (C=O) groups excluding carboxylic acids is 1. The maximum absolute atomic E-state index is 13.0. The van der Waals surface area contributed by atoms with Crippen molar-refractivity contribution in [1.29, 1.82) is 0 Å². The number of rotatable bonds is 4. The molecule has 1 N–H and O–H groups in total. The molecule has 0 aromatic heterocycles. The van der Waals surface area contributed by atoms with Crippen molar-refractivity contribution in [1.82, 2.24) is 15.1 Å². The molecular formula is C22H39N3O2. The van der Waals surface area contributed by atoms with Crippen molar-refractivity contribution >= 4 is 5.91 Å². The predicted octanol–water partition coefficient (Wildman–Crippen LogP) is 2.65. The van der Waals surface area contributed by atoms with Crippen LogP contribution in [0.4, 0.5) is 0 Å². The van der Waals surface area contributed by atoms with Crippen LogP contribution < -0.4 is 5.32 Å². The van der Waals surface area contributed by atoms with Crippen molar-refractivity contribution in [2.24, 2.45) is 11.8 Å². The Balaban J connectivity index is 1.18. The average molecular weight is 378 g/mol. The minimum Gasteiger partial charge on any atom is -0.373 e. The Morgan fingerprint density at radius 3 is 2.44 bits per heavy atom. The average Bonchev–Trinajstić information content (AvgIpc) is 3.10. The number of likely N-dealkylation sites (tertiary alicyclic amines) is 1. The van der Waals surface area contributed by atoms with Gasteiger partial charge in [0.15, 0.2) is 0 Å². The maximum Gasteiger partial charge on any atom is 0.239 e. The molecule has 1 saturated carbocycles. The van der Waals surface area contributed by atoms with E-state index in [-0.39, 0.29) is 6.04 Å². The van der Waals surface area contributed by atoms with Gasteiger partial charge in [-0.15, -0.1) is 0 Å². The van der Waals surface area contributed by atoms with Crippen LogP contribution in [0.25, 0.3) is 0 Å². The second-order valence-corrected chi connectivity index (χ2v) is 9.68. The molecule has 0 radical (unpaired) electrons. The highest BCUT2D eigenvalue weighted by molar-refractivity contribution is 5.82. The number of ether oxygens (including phenoxy) is 1. The number of hydrogen-bond donors (Lipinski definition) is 1. The lowest BCUT2D eigenvalue weighted by atomic mass is 9.85. The van der Waals surface area contributed by atoms with Crippen molar-refractivity contribution in [3.05, 3.63) is 0 Å². The summed E-state index contributed by atoms with van der Waals surface area (Å²) in [5.41, 5.74) is 0. The van der Waals surface area contributed by atoms with Crippen LogP contribution in [-0.2, 0) is 9.53 Å². The molecule has 4 fully saturated rings. The molecule has 154 valence electrons. The van der Waals surface area contributed by atoms with E-state index < -0.39 is 0 Å². The summed E-state index contributed by atoms with van der Waals surface area (Å²) < 4.78 is 5.84. The molecule has 4 aliphatic rings. The standard InChI is InChI=1S/C22H39N3O2/c1-16-14-24(15-17(2)27-16)10-7-18-8-11-25(12-9-18)22(26)21-13-19-5-3-4-6-20(19)23-21/h16-21,23H,3-15H2,1-2H3.